The van der Waals surface area contributed by atoms with Crippen molar-refractivity contribution in [2.24, 2.45) is 0 Å². The summed E-state index contributed by atoms with van der Waals surface area (Å²) in [5, 5.41) is 4.96. The Hall–Kier alpha value is -3.01. The van der Waals surface area contributed by atoms with Gasteiger partial charge in [-0.2, -0.15) is 18.3 Å². The molecule has 0 saturated carbocycles. The highest BCUT2D eigenvalue weighted by atomic mass is 35.5. The number of hydrogen-bond acceptors (Lipinski definition) is 4. The number of nitrogens with zero attached hydrogens (tertiary/aromatic N) is 5. The standard InChI is InChI=1S/C22H23ClF3N5O2/c1-12(2)20-17(10-27-31(20)14-5-6-15(23)18(9-14)33-4)29-8-7-16(21(29)32)30-11-19(22(24,25)26)28-13(30)3/h5-6,9-12,16H,7-8H2,1-4H3. The normalized spacial score (nSPS) is 16.8. The second-order valence-electron chi connectivity index (χ2n) is 8.17. The summed E-state index contributed by atoms with van der Waals surface area (Å²) in [6, 6.07) is 4.51. The Bertz CT molecular complexity index is 1200. The minimum Gasteiger partial charge on any atom is -0.495 e. The van der Waals surface area contributed by atoms with Crippen LogP contribution in [0.15, 0.2) is 30.6 Å². The molecule has 1 unspecified atom stereocenters. The predicted molar refractivity (Wildman–Crippen MR) is 117 cm³/mol. The number of hydrogen-bond donors (Lipinski definition) is 0. The van der Waals surface area contributed by atoms with Gasteiger partial charge < -0.3 is 14.2 Å². The van der Waals surface area contributed by atoms with Crippen LogP contribution in [-0.4, -0.2) is 38.9 Å². The fourth-order valence-corrected chi connectivity index (χ4v) is 4.38. The minimum absolute atomic E-state index is 0.00263. The highest BCUT2D eigenvalue weighted by Gasteiger charge is 2.40. The number of carbonyl (C=O) groups is 1. The largest absolute Gasteiger partial charge is 0.495 e. The van der Waals surface area contributed by atoms with E-state index in [0.29, 0.717) is 29.4 Å². The molecular formula is C22H23ClF3N5O2. The third-order valence-corrected chi connectivity index (χ3v) is 6.04. The molecule has 0 bridgehead atoms. The second-order valence-corrected chi connectivity index (χ2v) is 8.58. The zero-order valence-corrected chi connectivity index (χ0v) is 19.3. The molecule has 0 aliphatic carbocycles. The molecular weight excluding hydrogens is 459 g/mol. The minimum atomic E-state index is -4.57. The van der Waals surface area contributed by atoms with Crippen molar-refractivity contribution < 1.29 is 22.7 Å². The van der Waals surface area contributed by atoms with Crippen LogP contribution in [0, 0.1) is 6.92 Å². The molecule has 0 spiro atoms. The number of amides is 1. The summed E-state index contributed by atoms with van der Waals surface area (Å²) in [5.74, 6) is 0.354. The smallest absolute Gasteiger partial charge is 0.434 e. The van der Waals surface area contributed by atoms with Crippen molar-refractivity contribution in [3.8, 4) is 11.4 Å². The Morgan fingerprint density at radius 1 is 1.27 bits per heavy atom. The first kappa shape index (κ1) is 23.2. The zero-order chi connectivity index (χ0) is 24.1. The Morgan fingerprint density at radius 3 is 2.61 bits per heavy atom. The summed E-state index contributed by atoms with van der Waals surface area (Å²) in [7, 11) is 1.52. The van der Waals surface area contributed by atoms with Gasteiger partial charge in [-0.15, -0.1) is 0 Å². The molecule has 11 heteroatoms. The molecule has 0 N–H and O–H groups in total. The van der Waals surface area contributed by atoms with Crippen molar-refractivity contribution in [2.75, 3.05) is 18.6 Å². The van der Waals surface area contributed by atoms with E-state index < -0.39 is 17.9 Å². The third kappa shape index (κ3) is 4.07. The lowest BCUT2D eigenvalue weighted by Crippen LogP contribution is -2.29. The fourth-order valence-electron chi connectivity index (χ4n) is 4.18. The molecule has 1 atom stereocenters. The van der Waals surface area contributed by atoms with E-state index in [1.54, 1.807) is 34.0 Å². The van der Waals surface area contributed by atoms with Gasteiger partial charge in [-0.25, -0.2) is 9.67 Å². The number of carbonyl (C=O) groups excluding carboxylic acids is 1. The highest BCUT2D eigenvalue weighted by molar-refractivity contribution is 6.32. The lowest BCUT2D eigenvalue weighted by atomic mass is 10.1. The first-order valence-corrected chi connectivity index (χ1v) is 10.8. The number of anilines is 1. The van der Waals surface area contributed by atoms with Crippen LogP contribution in [-0.2, 0) is 11.0 Å². The van der Waals surface area contributed by atoms with E-state index in [-0.39, 0.29) is 17.6 Å². The topological polar surface area (TPSA) is 65.2 Å². The van der Waals surface area contributed by atoms with E-state index in [0.717, 1.165) is 17.6 Å². The van der Waals surface area contributed by atoms with Crippen LogP contribution in [0.3, 0.4) is 0 Å². The molecule has 1 fully saturated rings. The van der Waals surface area contributed by atoms with Crippen LogP contribution in [0.25, 0.3) is 5.69 Å². The van der Waals surface area contributed by atoms with Gasteiger partial charge in [-0.3, -0.25) is 4.79 Å². The van der Waals surface area contributed by atoms with Crippen molar-refractivity contribution in [1.29, 1.82) is 0 Å². The Balaban J connectivity index is 1.70. The summed E-state index contributed by atoms with van der Waals surface area (Å²) in [6.45, 7) is 5.80. The van der Waals surface area contributed by atoms with E-state index in [4.69, 9.17) is 16.3 Å². The van der Waals surface area contributed by atoms with Gasteiger partial charge in [0.05, 0.1) is 35.4 Å². The SMILES string of the molecule is COc1cc(-n2ncc(N3CCC(n4cc(C(F)(F)F)nc4C)C3=O)c2C(C)C)ccc1Cl. The fraction of sp³-hybridized carbons (Fsp3) is 0.409. The number of ether oxygens (including phenoxy) is 1. The predicted octanol–water partition coefficient (Wildman–Crippen LogP) is 5.16. The van der Waals surface area contributed by atoms with Gasteiger partial charge in [0, 0.05) is 18.8 Å². The average molecular weight is 482 g/mol. The van der Waals surface area contributed by atoms with Crippen LogP contribution in [0.5, 0.6) is 5.75 Å². The lowest BCUT2D eigenvalue weighted by molar-refractivity contribution is -0.141. The van der Waals surface area contributed by atoms with Crippen molar-refractivity contribution >= 4 is 23.2 Å². The van der Waals surface area contributed by atoms with Crippen LogP contribution in [0.4, 0.5) is 18.9 Å². The van der Waals surface area contributed by atoms with Gasteiger partial charge in [-0.05, 0) is 31.4 Å². The molecule has 3 heterocycles. The molecule has 1 saturated heterocycles. The van der Waals surface area contributed by atoms with E-state index in [1.807, 2.05) is 13.8 Å². The number of methoxy groups -OCH3 is 1. The molecule has 7 nitrogen and oxygen atoms in total. The number of rotatable bonds is 5. The number of benzene rings is 1. The van der Waals surface area contributed by atoms with Crippen molar-refractivity contribution in [2.45, 2.75) is 45.3 Å². The maximum Gasteiger partial charge on any atom is 0.434 e. The maximum absolute atomic E-state index is 13.3. The molecule has 1 aromatic carbocycles. The van der Waals surface area contributed by atoms with Gasteiger partial charge in [0.25, 0.3) is 0 Å². The van der Waals surface area contributed by atoms with Gasteiger partial charge in [0.15, 0.2) is 5.69 Å². The van der Waals surface area contributed by atoms with E-state index in [9.17, 15) is 18.0 Å². The Morgan fingerprint density at radius 2 is 2.00 bits per heavy atom. The van der Waals surface area contributed by atoms with Crippen LogP contribution < -0.4 is 9.64 Å². The van der Waals surface area contributed by atoms with Gasteiger partial charge in [0.1, 0.15) is 17.6 Å². The Labute approximate surface area is 193 Å². The van der Waals surface area contributed by atoms with Crippen LogP contribution in [0.2, 0.25) is 5.02 Å². The van der Waals surface area contributed by atoms with E-state index >= 15 is 0 Å². The Kier molecular flexibility index (Phi) is 5.90. The first-order chi connectivity index (χ1) is 15.5. The lowest BCUT2D eigenvalue weighted by Gasteiger charge is -2.20. The quantitative estimate of drug-likeness (QED) is 0.505. The number of halogens is 4. The maximum atomic E-state index is 13.3. The molecule has 2 aromatic heterocycles. The van der Waals surface area contributed by atoms with E-state index in [2.05, 4.69) is 10.1 Å². The van der Waals surface area contributed by atoms with Crippen molar-refractivity contribution in [3.05, 3.63) is 52.8 Å². The average Bonchev–Trinajstić information content (AvgIpc) is 3.44. The van der Waals surface area contributed by atoms with Gasteiger partial charge >= 0.3 is 6.18 Å². The van der Waals surface area contributed by atoms with Crippen LogP contribution in [0.1, 0.15) is 49.4 Å². The third-order valence-electron chi connectivity index (χ3n) is 5.72. The summed E-state index contributed by atoms with van der Waals surface area (Å²) < 4.78 is 47.6. The number of alkyl halides is 3. The molecule has 0 radical (unpaired) electrons. The number of aryl methyl sites for hydroxylation is 1. The van der Waals surface area contributed by atoms with Crippen molar-refractivity contribution in [3.63, 3.8) is 0 Å². The first-order valence-electron chi connectivity index (χ1n) is 10.4. The summed E-state index contributed by atoms with van der Waals surface area (Å²) >= 11 is 6.15. The zero-order valence-electron chi connectivity index (χ0n) is 18.5. The van der Waals surface area contributed by atoms with E-state index in [1.165, 1.54) is 18.6 Å². The molecule has 1 aliphatic heterocycles. The molecule has 1 amide bonds. The highest BCUT2D eigenvalue weighted by Crippen LogP contribution is 2.37. The monoisotopic (exact) mass is 481 g/mol. The van der Waals surface area contributed by atoms with Crippen molar-refractivity contribution in [1.82, 2.24) is 19.3 Å². The molecule has 4 rings (SSSR count). The number of aromatic nitrogens is 4. The summed E-state index contributed by atoms with van der Waals surface area (Å²) in [6.07, 6.45) is -1.68. The summed E-state index contributed by atoms with van der Waals surface area (Å²) in [4.78, 5) is 18.5. The molecule has 1 aliphatic rings. The molecule has 176 valence electrons. The van der Waals surface area contributed by atoms with Gasteiger partial charge in [0.2, 0.25) is 5.91 Å². The number of imidazole rings is 1. The second kappa shape index (κ2) is 8.40. The van der Waals surface area contributed by atoms with Gasteiger partial charge in [-0.1, -0.05) is 25.4 Å². The molecule has 33 heavy (non-hydrogen) atoms. The molecule has 3 aromatic rings. The summed E-state index contributed by atoms with van der Waals surface area (Å²) in [5.41, 5.74) is 1.14. The van der Waals surface area contributed by atoms with Crippen LogP contribution >= 0.6 is 11.6 Å².